The SMILES string of the molecule is Cc1nc(-c2cccs2)sc1C(=O)Nc1cccc(N2C(=O)c3ccccc3C2=O)c1. The summed E-state index contributed by atoms with van der Waals surface area (Å²) in [6.07, 6.45) is 0. The summed E-state index contributed by atoms with van der Waals surface area (Å²) in [5.74, 6) is -1.02. The van der Waals surface area contributed by atoms with E-state index in [1.807, 2.05) is 17.5 Å². The fourth-order valence-electron chi connectivity index (χ4n) is 3.45. The van der Waals surface area contributed by atoms with Crippen LogP contribution in [0.4, 0.5) is 11.4 Å². The zero-order valence-corrected chi connectivity index (χ0v) is 17.9. The van der Waals surface area contributed by atoms with Crippen LogP contribution in [0, 0.1) is 6.92 Å². The number of nitrogens with one attached hydrogen (secondary N) is 1. The van der Waals surface area contributed by atoms with Crippen molar-refractivity contribution in [2.24, 2.45) is 0 Å². The molecule has 3 heterocycles. The van der Waals surface area contributed by atoms with Gasteiger partial charge in [-0.05, 0) is 48.7 Å². The van der Waals surface area contributed by atoms with E-state index in [-0.39, 0.29) is 17.7 Å². The molecule has 1 aliphatic heterocycles. The third-order valence-electron chi connectivity index (χ3n) is 4.89. The fraction of sp³-hybridized carbons (Fsp3) is 0.0435. The number of hydrogen-bond donors (Lipinski definition) is 1. The van der Waals surface area contributed by atoms with Crippen molar-refractivity contribution in [2.75, 3.05) is 10.2 Å². The van der Waals surface area contributed by atoms with Crippen LogP contribution in [0.25, 0.3) is 9.88 Å². The van der Waals surface area contributed by atoms with Crippen molar-refractivity contribution in [3.05, 3.63) is 87.7 Å². The van der Waals surface area contributed by atoms with Gasteiger partial charge in [-0.15, -0.1) is 22.7 Å². The Bertz CT molecular complexity index is 1310. The summed E-state index contributed by atoms with van der Waals surface area (Å²) in [4.78, 5) is 45.5. The molecule has 0 bridgehead atoms. The Balaban J connectivity index is 1.40. The van der Waals surface area contributed by atoms with Crippen molar-refractivity contribution in [3.63, 3.8) is 0 Å². The van der Waals surface area contributed by atoms with Gasteiger partial charge in [0.1, 0.15) is 9.88 Å². The van der Waals surface area contributed by atoms with Crippen molar-refractivity contribution in [3.8, 4) is 9.88 Å². The maximum Gasteiger partial charge on any atom is 0.267 e. The van der Waals surface area contributed by atoms with Gasteiger partial charge in [0.05, 0.1) is 27.4 Å². The number of amides is 3. The maximum absolute atomic E-state index is 12.9. The van der Waals surface area contributed by atoms with E-state index in [0.717, 1.165) is 14.8 Å². The van der Waals surface area contributed by atoms with Gasteiger partial charge in [-0.2, -0.15) is 0 Å². The number of aromatic nitrogens is 1. The number of carbonyl (C=O) groups is 3. The zero-order valence-electron chi connectivity index (χ0n) is 16.3. The molecule has 0 fully saturated rings. The number of anilines is 2. The molecule has 1 N–H and O–H groups in total. The minimum Gasteiger partial charge on any atom is -0.321 e. The minimum atomic E-state index is -0.372. The molecule has 0 radical (unpaired) electrons. The lowest BCUT2D eigenvalue weighted by Gasteiger charge is -2.15. The Morgan fingerprint density at radius 1 is 0.968 bits per heavy atom. The predicted molar refractivity (Wildman–Crippen MR) is 122 cm³/mol. The number of fused-ring (bicyclic) bond motifs is 1. The average Bonchev–Trinajstić information content (AvgIpc) is 3.48. The molecule has 0 atom stereocenters. The lowest BCUT2D eigenvalue weighted by molar-refractivity contribution is 0.0925. The third-order valence-corrected chi connectivity index (χ3v) is 7.09. The second-order valence-corrected chi connectivity index (χ2v) is 8.85. The largest absolute Gasteiger partial charge is 0.321 e. The number of rotatable bonds is 4. The molecule has 5 rings (SSSR count). The van der Waals surface area contributed by atoms with Crippen molar-refractivity contribution < 1.29 is 14.4 Å². The monoisotopic (exact) mass is 445 g/mol. The smallest absolute Gasteiger partial charge is 0.267 e. The standard InChI is InChI=1S/C23H15N3O3S2/c1-13-19(31-21(24-13)18-10-5-11-30-18)20(27)25-14-6-4-7-15(12-14)26-22(28)16-8-2-3-9-17(16)23(26)29/h2-12H,1H3,(H,25,27). The molecule has 152 valence electrons. The molecule has 0 saturated carbocycles. The van der Waals surface area contributed by atoms with E-state index < -0.39 is 0 Å². The van der Waals surface area contributed by atoms with Crippen LogP contribution in [-0.2, 0) is 0 Å². The van der Waals surface area contributed by atoms with Gasteiger partial charge in [0.2, 0.25) is 0 Å². The zero-order chi connectivity index (χ0) is 21.5. The Morgan fingerprint density at radius 3 is 2.39 bits per heavy atom. The second kappa shape index (κ2) is 7.57. The van der Waals surface area contributed by atoms with E-state index in [1.54, 1.807) is 66.8 Å². The molecule has 6 nitrogen and oxygen atoms in total. The highest BCUT2D eigenvalue weighted by molar-refractivity contribution is 7.22. The minimum absolute atomic E-state index is 0.280. The Kier molecular flexibility index (Phi) is 4.72. The Labute approximate surface area is 185 Å². The van der Waals surface area contributed by atoms with E-state index in [1.165, 1.54) is 11.3 Å². The number of imide groups is 1. The predicted octanol–water partition coefficient (Wildman–Crippen LogP) is 5.23. The molecule has 3 amide bonds. The number of nitrogens with zero attached hydrogens (tertiary/aromatic N) is 2. The van der Waals surface area contributed by atoms with E-state index in [9.17, 15) is 14.4 Å². The molecule has 8 heteroatoms. The van der Waals surface area contributed by atoms with Crippen LogP contribution in [0.2, 0.25) is 0 Å². The molecule has 2 aromatic carbocycles. The van der Waals surface area contributed by atoms with Crippen molar-refractivity contribution in [1.82, 2.24) is 4.98 Å². The number of benzene rings is 2. The molecular weight excluding hydrogens is 430 g/mol. The Hall–Kier alpha value is -3.62. The summed E-state index contributed by atoms with van der Waals surface area (Å²) in [6.45, 7) is 1.80. The van der Waals surface area contributed by atoms with E-state index in [2.05, 4.69) is 10.3 Å². The summed E-state index contributed by atoms with van der Waals surface area (Å²) in [6, 6.07) is 17.4. The van der Waals surface area contributed by atoms with Gasteiger partial charge in [0.25, 0.3) is 17.7 Å². The highest BCUT2D eigenvalue weighted by atomic mass is 32.1. The molecular formula is C23H15N3O3S2. The first-order chi connectivity index (χ1) is 15.0. The first-order valence-corrected chi connectivity index (χ1v) is 11.1. The first-order valence-electron chi connectivity index (χ1n) is 9.43. The summed E-state index contributed by atoms with van der Waals surface area (Å²) in [5, 5.41) is 5.63. The van der Waals surface area contributed by atoms with Gasteiger partial charge in [0.15, 0.2) is 0 Å². The van der Waals surface area contributed by atoms with E-state index >= 15 is 0 Å². The van der Waals surface area contributed by atoms with E-state index in [0.29, 0.717) is 33.1 Å². The lowest BCUT2D eigenvalue weighted by atomic mass is 10.1. The fourth-order valence-corrected chi connectivity index (χ4v) is 5.21. The topological polar surface area (TPSA) is 79.4 Å². The number of thiazole rings is 1. The van der Waals surface area contributed by atoms with Crippen LogP contribution in [0.3, 0.4) is 0 Å². The number of thiophene rings is 1. The lowest BCUT2D eigenvalue weighted by Crippen LogP contribution is -2.29. The average molecular weight is 446 g/mol. The highest BCUT2D eigenvalue weighted by Crippen LogP contribution is 2.32. The van der Waals surface area contributed by atoms with Gasteiger partial charge < -0.3 is 5.32 Å². The first kappa shape index (κ1) is 19.3. The molecule has 0 spiro atoms. The second-order valence-electron chi connectivity index (χ2n) is 6.91. The summed E-state index contributed by atoms with van der Waals surface area (Å²) < 4.78 is 0. The molecule has 0 unspecified atom stereocenters. The van der Waals surface area contributed by atoms with E-state index in [4.69, 9.17) is 0 Å². The molecule has 31 heavy (non-hydrogen) atoms. The molecule has 1 aliphatic rings. The summed E-state index contributed by atoms with van der Waals surface area (Å²) in [7, 11) is 0. The normalized spacial score (nSPS) is 12.9. The van der Waals surface area contributed by atoms with Gasteiger partial charge >= 0.3 is 0 Å². The number of aryl methyl sites for hydroxylation is 1. The van der Waals surface area contributed by atoms with Gasteiger partial charge in [-0.1, -0.05) is 24.3 Å². The van der Waals surface area contributed by atoms with Gasteiger partial charge in [-0.3, -0.25) is 14.4 Å². The Morgan fingerprint density at radius 2 is 1.71 bits per heavy atom. The van der Waals surface area contributed by atoms with Crippen LogP contribution >= 0.6 is 22.7 Å². The molecule has 0 aliphatic carbocycles. The molecule has 0 saturated heterocycles. The van der Waals surface area contributed by atoms with Gasteiger partial charge in [0, 0.05) is 5.69 Å². The van der Waals surface area contributed by atoms with Crippen LogP contribution in [0.1, 0.15) is 36.1 Å². The quantitative estimate of drug-likeness (QED) is 0.436. The molecule has 2 aromatic heterocycles. The molecule has 4 aromatic rings. The van der Waals surface area contributed by atoms with Gasteiger partial charge in [-0.25, -0.2) is 9.88 Å². The number of carbonyl (C=O) groups excluding carboxylic acids is 3. The summed E-state index contributed by atoms with van der Waals surface area (Å²) in [5.41, 5.74) is 2.31. The van der Waals surface area contributed by atoms with Crippen molar-refractivity contribution >= 4 is 51.8 Å². The van der Waals surface area contributed by atoms with Crippen molar-refractivity contribution in [2.45, 2.75) is 6.92 Å². The van der Waals surface area contributed by atoms with Crippen LogP contribution in [-0.4, -0.2) is 22.7 Å². The summed E-state index contributed by atoms with van der Waals surface area (Å²) >= 11 is 2.91. The van der Waals surface area contributed by atoms with Crippen LogP contribution in [0.15, 0.2) is 66.0 Å². The van der Waals surface area contributed by atoms with Crippen LogP contribution < -0.4 is 10.2 Å². The van der Waals surface area contributed by atoms with Crippen molar-refractivity contribution in [1.29, 1.82) is 0 Å². The highest BCUT2D eigenvalue weighted by Gasteiger charge is 2.36. The van der Waals surface area contributed by atoms with Crippen LogP contribution in [0.5, 0.6) is 0 Å². The number of hydrogen-bond acceptors (Lipinski definition) is 6. The third kappa shape index (κ3) is 3.35. The maximum atomic E-state index is 12.9.